The van der Waals surface area contributed by atoms with Gasteiger partial charge in [-0.25, -0.2) is 0 Å². The summed E-state index contributed by atoms with van der Waals surface area (Å²) in [6.45, 7) is 16.7. The van der Waals surface area contributed by atoms with Crippen molar-refractivity contribution < 1.29 is 9.47 Å². The first-order chi connectivity index (χ1) is 11.7. The normalized spacial score (nSPS) is 17.2. The maximum absolute atomic E-state index is 5.47. The van der Waals surface area contributed by atoms with Crippen molar-refractivity contribution in [3.05, 3.63) is 0 Å². The molecule has 1 rings (SSSR count). The van der Waals surface area contributed by atoms with Crippen molar-refractivity contribution in [1.82, 2.24) is 15.5 Å². The lowest BCUT2D eigenvalue weighted by atomic mass is 10.0. The highest BCUT2D eigenvalue weighted by Gasteiger charge is 2.23. The van der Waals surface area contributed by atoms with Gasteiger partial charge >= 0.3 is 0 Å². The molecule has 1 heterocycles. The van der Waals surface area contributed by atoms with E-state index in [9.17, 15) is 0 Å². The second-order valence-corrected chi connectivity index (χ2v) is 6.51. The fraction of sp³-hybridized carbons (Fsp3) is 0.944. The van der Waals surface area contributed by atoms with Crippen LogP contribution in [0.5, 0.6) is 0 Å². The predicted molar refractivity (Wildman–Crippen MR) is 116 cm³/mol. The molecule has 0 saturated carbocycles. The summed E-state index contributed by atoms with van der Waals surface area (Å²) < 4.78 is 10.8. The number of hydrogen-bond acceptors (Lipinski definition) is 4. The van der Waals surface area contributed by atoms with Crippen LogP contribution in [0.1, 0.15) is 40.5 Å². The van der Waals surface area contributed by atoms with Gasteiger partial charge in [0.25, 0.3) is 0 Å². The zero-order valence-corrected chi connectivity index (χ0v) is 18.9. The van der Waals surface area contributed by atoms with E-state index in [1.807, 2.05) is 6.92 Å². The van der Waals surface area contributed by atoms with Crippen molar-refractivity contribution in [2.24, 2.45) is 10.9 Å². The highest BCUT2D eigenvalue weighted by molar-refractivity contribution is 14.0. The van der Waals surface area contributed by atoms with Crippen LogP contribution in [0.25, 0.3) is 0 Å². The predicted octanol–water partition coefficient (Wildman–Crippen LogP) is 2.33. The average molecular weight is 470 g/mol. The van der Waals surface area contributed by atoms with E-state index in [2.05, 4.69) is 36.3 Å². The van der Waals surface area contributed by atoms with Crippen molar-refractivity contribution in [2.45, 2.75) is 46.6 Å². The highest BCUT2D eigenvalue weighted by atomic mass is 127. The van der Waals surface area contributed by atoms with Crippen LogP contribution in [0.4, 0.5) is 0 Å². The lowest BCUT2D eigenvalue weighted by molar-refractivity contribution is 0.00867. The van der Waals surface area contributed by atoms with E-state index in [-0.39, 0.29) is 24.0 Å². The van der Waals surface area contributed by atoms with Crippen LogP contribution in [0, 0.1) is 5.92 Å². The SMILES string of the molecule is CCNC(=NCC(C(C)C)N1CCOCC1)NCCCCOCC.I. The van der Waals surface area contributed by atoms with Crippen LogP contribution in [0.15, 0.2) is 4.99 Å². The Kier molecular flexibility index (Phi) is 16.0. The van der Waals surface area contributed by atoms with E-state index in [0.29, 0.717) is 12.0 Å². The Morgan fingerprint density at radius 3 is 2.48 bits per heavy atom. The number of nitrogens with one attached hydrogen (secondary N) is 2. The van der Waals surface area contributed by atoms with E-state index in [0.717, 1.165) is 78.0 Å². The Balaban J connectivity index is 0.00000576. The van der Waals surface area contributed by atoms with Gasteiger partial charge < -0.3 is 20.1 Å². The summed E-state index contributed by atoms with van der Waals surface area (Å²) in [6.07, 6.45) is 2.18. The van der Waals surface area contributed by atoms with Crippen molar-refractivity contribution in [2.75, 3.05) is 59.2 Å². The van der Waals surface area contributed by atoms with Crippen LogP contribution in [-0.4, -0.2) is 76.1 Å². The fourth-order valence-corrected chi connectivity index (χ4v) is 2.86. The minimum atomic E-state index is 0. The molecule has 0 aromatic rings. The van der Waals surface area contributed by atoms with E-state index in [4.69, 9.17) is 14.5 Å². The second kappa shape index (κ2) is 16.1. The molecule has 0 spiro atoms. The first-order valence-electron chi connectivity index (χ1n) is 9.60. The Labute approximate surface area is 171 Å². The monoisotopic (exact) mass is 470 g/mol. The largest absolute Gasteiger partial charge is 0.382 e. The number of hydrogen-bond donors (Lipinski definition) is 2. The van der Waals surface area contributed by atoms with Crippen molar-refractivity contribution in [3.63, 3.8) is 0 Å². The molecule has 0 bridgehead atoms. The molecule has 1 atom stereocenters. The van der Waals surface area contributed by atoms with Gasteiger partial charge in [0.15, 0.2) is 5.96 Å². The minimum absolute atomic E-state index is 0. The van der Waals surface area contributed by atoms with Crippen LogP contribution in [0.2, 0.25) is 0 Å². The summed E-state index contributed by atoms with van der Waals surface area (Å²) in [6, 6.07) is 0.474. The molecule has 1 aliphatic heterocycles. The van der Waals surface area contributed by atoms with E-state index < -0.39 is 0 Å². The summed E-state index contributed by atoms with van der Waals surface area (Å²) in [5, 5.41) is 6.78. The first-order valence-corrected chi connectivity index (χ1v) is 9.60. The Hall–Kier alpha value is -0.120. The molecule has 0 radical (unpaired) electrons. The topological polar surface area (TPSA) is 58.1 Å². The van der Waals surface area contributed by atoms with Gasteiger partial charge in [-0.3, -0.25) is 9.89 Å². The first kappa shape index (κ1) is 24.9. The van der Waals surface area contributed by atoms with Gasteiger partial charge in [0.1, 0.15) is 0 Å². The van der Waals surface area contributed by atoms with E-state index >= 15 is 0 Å². The molecular formula is C18H39IN4O2. The van der Waals surface area contributed by atoms with Crippen molar-refractivity contribution in [1.29, 1.82) is 0 Å². The summed E-state index contributed by atoms with van der Waals surface area (Å²) in [4.78, 5) is 7.34. The molecule has 0 amide bonds. The van der Waals surface area contributed by atoms with Gasteiger partial charge in [0, 0.05) is 45.4 Å². The van der Waals surface area contributed by atoms with Gasteiger partial charge in [-0.05, 0) is 32.6 Å². The summed E-state index contributed by atoms with van der Waals surface area (Å²) >= 11 is 0. The quantitative estimate of drug-likeness (QED) is 0.210. The number of morpholine rings is 1. The molecule has 6 nitrogen and oxygen atoms in total. The molecule has 0 aromatic carbocycles. The number of unbranched alkanes of at least 4 members (excludes halogenated alkanes) is 1. The summed E-state index contributed by atoms with van der Waals surface area (Å²) in [5.41, 5.74) is 0. The number of aliphatic imine (C=N–C) groups is 1. The summed E-state index contributed by atoms with van der Waals surface area (Å²) in [7, 11) is 0. The number of ether oxygens (including phenoxy) is 2. The number of halogens is 1. The minimum Gasteiger partial charge on any atom is -0.382 e. The highest BCUT2D eigenvalue weighted by Crippen LogP contribution is 2.13. The van der Waals surface area contributed by atoms with Crippen LogP contribution < -0.4 is 10.6 Å². The van der Waals surface area contributed by atoms with E-state index in [1.165, 1.54) is 0 Å². The lowest BCUT2D eigenvalue weighted by Crippen LogP contribution is -2.48. The molecule has 0 aromatic heterocycles. The fourth-order valence-electron chi connectivity index (χ4n) is 2.86. The third-order valence-corrected chi connectivity index (χ3v) is 4.28. The standard InChI is InChI=1S/C18H38N4O2.HI/c1-5-19-18(20-9-7-8-12-23-6-2)21-15-17(16(3)4)22-10-13-24-14-11-22;/h16-17H,5-15H2,1-4H3,(H2,19,20,21);1H. The molecule has 0 aliphatic carbocycles. The molecule has 2 N–H and O–H groups in total. The van der Waals surface area contributed by atoms with Crippen LogP contribution >= 0.6 is 24.0 Å². The van der Waals surface area contributed by atoms with Gasteiger partial charge in [-0.15, -0.1) is 24.0 Å². The molecule has 25 heavy (non-hydrogen) atoms. The molecule has 1 saturated heterocycles. The van der Waals surface area contributed by atoms with Gasteiger partial charge in [0.2, 0.25) is 0 Å². The van der Waals surface area contributed by atoms with Crippen molar-refractivity contribution >= 4 is 29.9 Å². The smallest absolute Gasteiger partial charge is 0.191 e. The van der Waals surface area contributed by atoms with E-state index in [1.54, 1.807) is 0 Å². The second-order valence-electron chi connectivity index (χ2n) is 6.51. The van der Waals surface area contributed by atoms with Crippen LogP contribution in [0.3, 0.4) is 0 Å². The molecule has 7 heteroatoms. The molecular weight excluding hydrogens is 431 g/mol. The zero-order valence-electron chi connectivity index (χ0n) is 16.6. The Morgan fingerprint density at radius 1 is 1.16 bits per heavy atom. The van der Waals surface area contributed by atoms with Gasteiger partial charge in [0.05, 0.1) is 19.8 Å². The number of guanidine groups is 1. The zero-order chi connectivity index (χ0) is 17.6. The maximum Gasteiger partial charge on any atom is 0.191 e. The number of nitrogens with zero attached hydrogens (tertiary/aromatic N) is 2. The Bertz CT molecular complexity index is 337. The lowest BCUT2D eigenvalue weighted by Gasteiger charge is -2.36. The van der Waals surface area contributed by atoms with Gasteiger partial charge in [-0.1, -0.05) is 13.8 Å². The Morgan fingerprint density at radius 2 is 1.88 bits per heavy atom. The van der Waals surface area contributed by atoms with Crippen molar-refractivity contribution in [3.8, 4) is 0 Å². The molecule has 150 valence electrons. The number of rotatable bonds is 11. The third-order valence-electron chi connectivity index (χ3n) is 4.28. The molecule has 1 fully saturated rings. The maximum atomic E-state index is 5.47. The van der Waals surface area contributed by atoms with Crippen LogP contribution in [-0.2, 0) is 9.47 Å². The third kappa shape index (κ3) is 11.2. The molecule has 1 aliphatic rings. The average Bonchev–Trinajstić information content (AvgIpc) is 2.58. The van der Waals surface area contributed by atoms with Gasteiger partial charge in [-0.2, -0.15) is 0 Å². The molecule has 1 unspecified atom stereocenters. The summed E-state index contributed by atoms with van der Waals surface area (Å²) in [5.74, 6) is 1.51.